The van der Waals surface area contributed by atoms with Gasteiger partial charge in [0.15, 0.2) is 11.5 Å². The predicted molar refractivity (Wildman–Crippen MR) is 90.7 cm³/mol. The van der Waals surface area contributed by atoms with Crippen LogP contribution in [0.3, 0.4) is 0 Å². The molecule has 0 radical (unpaired) electrons. The summed E-state index contributed by atoms with van der Waals surface area (Å²) in [5.41, 5.74) is 1.10. The summed E-state index contributed by atoms with van der Waals surface area (Å²) in [6.07, 6.45) is 0.811. The Morgan fingerprint density at radius 1 is 1.17 bits per heavy atom. The summed E-state index contributed by atoms with van der Waals surface area (Å²) in [5.74, 6) is 1.67. The molecule has 0 N–H and O–H groups in total. The van der Waals surface area contributed by atoms with Gasteiger partial charge in [-0.25, -0.2) is 8.42 Å². The van der Waals surface area contributed by atoms with Gasteiger partial charge in [0.05, 0.1) is 3.79 Å². The molecule has 2 aliphatic rings. The molecule has 122 valence electrons. The molecular formula is C15H14BrNO4S2. The predicted octanol–water partition coefficient (Wildman–Crippen LogP) is 3.42. The Hall–Kier alpha value is -1.09. The Labute approximate surface area is 147 Å². The molecule has 1 saturated heterocycles. The minimum atomic E-state index is -3.40. The topological polar surface area (TPSA) is 55.8 Å². The second-order valence-electron chi connectivity index (χ2n) is 5.52. The number of fused-ring (bicyclic) bond motifs is 1. The molecule has 1 aromatic heterocycles. The first kappa shape index (κ1) is 15.4. The van der Waals surface area contributed by atoms with Crippen molar-refractivity contribution in [2.75, 3.05) is 19.9 Å². The highest BCUT2D eigenvalue weighted by molar-refractivity contribution is 9.11. The van der Waals surface area contributed by atoms with Crippen LogP contribution in [0.4, 0.5) is 0 Å². The van der Waals surface area contributed by atoms with E-state index in [1.807, 2.05) is 18.2 Å². The summed E-state index contributed by atoms with van der Waals surface area (Å²) in [6, 6.07) is 9.27. The van der Waals surface area contributed by atoms with Crippen molar-refractivity contribution in [3.05, 3.63) is 39.7 Å². The lowest BCUT2D eigenvalue weighted by Gasteiger charge is -2.15. The van der Waals surface area contributed by atoms with Crippen LogP contribution in [-0.4, -0.2) is 32.6 Å². The molecule has 0 amide bonds. The van der Waals surface area contributed by atoms with E-state index in [1.54, 1.807) is 16.4 Å². The number of sulfonamides is 1. The zero-order valence-corrected chi connectivity index (χ0v) is 15.3. The molecule has 3 heterocycles. The summed E-state index contributed by atoms with van der Waals surface area (Å²) < 4.78 is 38.9. The molecular weight excluding hydrogens is 402 g/mol. The number of halogens is 1. The number of nitrogens with zero attached hydrogens (tertiary/aromatic N) is 1. The molecule has 1 aromatic carbocycles. The van der Waals surface area contributed by atoms with Crippen LogP contribution in [0.25, 0.3) is 0 Å². The average Bonchev–Trinajstić information content (AvgIpc) is 3.26. The number of thiophene rings is 1. The zero-order chi connectivity index (χ0) is 16.0. The van der Waals surface area contributed by atoms with Gasteiger partial charge >= 0.3 is 0 Å². The van der Waals surface area contributed by atoms with Crippen molar-refractivity contribution in [1.82, 2.24) is 4.31 Å². The van der Waals surface area contributed by atoms with Crippen LogP contribution in [-0.2, 0) is 10.0 Å². The maximum atomic E-state index is 12.7. The fraction of sp³-hybridized carbons (Fsp3) is 0.333. The third kappa shape index (κ3) is 2.77. The zero-order valence-electron chi connectivity index (χ0n) is 12.1. The van der Waals surface area contributed by atoms with Crippen LogP contribution in [0.5, 0.6) is 11.5 Å². The van der Waals surface area contributed by atoms with Crippen LogP contribution in [0.2, 0.25) is 0 Å². The van der Waals surface area contributed by atoms with Gasteiger partial charge in [0.1, 0.15) is 4.21 Å². The lowest BCUT2D eigenvalue weighted by molar-refractivity contribution is 0.174. The van der Waals surface area contributed by atoms with Gasteiger partial charge in [-0.2, -0.15) is 4.31 Å². The van der Waals surface area contributed by atoms with Crippen molar-refractivity contribution >= 4 is 37.3 Å². The summed E-state index contributed by atoms with van der Waals surface area (Å²) in [6.45, 7) is 1.28. The van der Waals surface area contributed by atoms with Gasteiger partial charge in [-0.05, 0) is 58.1 Å². The molecule has 1 atom stereocenters. The Morgan fingerprint density at radius 3 is 2.78 bits per heavy atom. The minimum Gasteiger partial charge on any atom is -0.454 e. The van der Waals surface area contributed by atoms with Gasteiger partial charge in [-0.3, -0.25) is 0 Å². The largest absolute Gasteiger partial charge is 0.454 e. The molecule has 4 rings (SSSR count). The molecule has 5 nitrogen and oxygen atoms in total. The molecule has 0 spiro atoms. The summed E-state index contributed by atoms with van der Waals surface area (Å²) in [7, 11) is -3.40. The lowest BCUT2D eigenvalue weighted by Crippen LogP contribution is -2.28. The van der Waals surface area contributed by atoms with Gasteiger partial charge in [-0.15, -0.1) is 11.3 Å². The highest BCUT2D eigenvalue weighted by Crippen LogP contribution is 2.38. The minimum absolute atomic E-state index is 0.183. The van der Waals surface area contributed by atoms with Gasteiger partial charge in [-0.1, -0.05) is 6.07 Å². The van der Waals surface area contributed by atoms with E-state index in [9.17, 15) is 8.42 Å². The second-order valence-corrected chi connectivity index (χ2v) is 10.1. The number of hydrogen-bond acceptors (Lipinski definition) is 5. The van der Waals surface area contributed by atoms with Crippen molar-refractivity contribution in [1.29, 1.82) is 0 Å². The molecule has 8 heteroatoms. The van der Waals surface area contributed by atoms with Crippen LogP contribution < -0.4 is 9.47 Å². The summed E-state index contributed by atoms with van der Waals surface area (Å²) >= 11 is 4.57. The quantitative estimate of drug-likeness (QED) is 0.770. The Kier molecular flexibility index (Phi) is 3.87. The molecule has 0 saturated carbocycles. The van der Waals surface area contributed by atoms with Crippen LogP contribution in [0, 0.1) is 0 Å². The van der Waals surface area contributed by atoms with Gasteiger partial charge in [0.2, 0.25) is 6.79 Å². The lowest BCUT2D eigenvalue weighted by atomic mass is 9.98. The second kappa shape index (κ2) is 5.77. The Balaban J connectivity index is 1.55. The summed E-state index contributed by atoms with van der Waals surface area (Å²) in [5, 5.41) is 0. The highest BCUT2D eigenvalue weighted by atomic mass is 79.9. The fourth-order valence-electron chi connectivity index (χ4n) is 2.95. The number of rotatable bonds is 3. The van der Waals surface area contributed by atoms with Crippen LogP contribution in [0.1, 0.15) is 17.9 Å². The van der Waals surface area contributed by atoms with E-state index in [2.05, 4.69) is 15.9 Å². The molecule has 1 fully saturated rings. The van der Waals surface area contributed by atoms with E-state index in [1.165, 1.54) is 11.3 Å². The SMILES string of the molecule is O=S(=O)(c1ccc(Br)s1)N1CC[C@@H](c2ccc3c(c2)OCO3)C1. The molecule has 2 aliphatic heterocycles. The Bertz CT molecular complexity index is 849. The van der Waals surface area contributed by atoms with E-state index < -0.39 is 10.0 Å². The first-order valence-corrected chi connectivity index (χ1v) is 10.2. The van der Waals surface area contributed by atoms with Crippen molar-refractivity contribution in [3.8, 4) is 11.5 Å². The van der Waals surface area contributed by atoms with Gasteiger partial charge in [0.25, 0.3) is 10.0 Å². The van der Waals surface area contributed by atoms with Crippen molar-refractivity contribution in [2.24, 2.45) is 0 Å². The molecule has 2 aromatic rings. The highest BCUT2D eigenvalue weighted by Gasteiger charge is 2.34. The number of benzene rings is 1. The third-order valence-corrected chi connectivity index (χ3v) is 8.12. The van der Waals surface area contributed by atoms with Crippen molar-refractivity contribution in [2.45, 2.75) is 16.5 Å². The standard InChI is InChI=1S/C15H14BrNO4S2/c16-14-3-4-15(22-14)23(18,19)17-6-5-11(8-17)10-1-2-12-13(7-10)21-9-20-12/h1-4,7,11H,5-6,8-9H2/t11-/m1/s1. The fourth-order valence-corrected chi connectivity index (χ4v) is 6.61. The average molecular weight is 416 g/mol. The first-order chi connectivity index (χ1) is 11.0. The molecule has 0 aliphatic carbocycles. The molecule has 0 bridgehead atoms. The van der Waals surface area contributed by atoms with E-state index in [-0.39, 0.29) is 12.7 Å². The van der Waals surface area contributed by atoms with E-state index in [0.29, 0.717) is 17.3 Å². The van der Waals surface area contributed by atoms with Gasteiger partial charge in [0, 0.05) is 13.1 Å². The number of hydrogen-bond donors (Lipinski definition) is 0. The maximum Gasteiger partial charge on any atom is 0.252 e. The Morgan fingerprint density at radius 2 is 2.00 bits per heavy atom. The number of ether oxygens (including phenoxy) is 2. The molecule has 0 unspecified atom stereocenters. The maximum absolute atomic E-state index is 12.7. The third-order valence-electron chi connectivity index (χ3n) is 4.16. The van der Waals surface area contributed by atoms with Crippen LogP contribution in [0.15, 0.2) is 38.3 Å². The smallest absolute Gasteiger partial charge is 0.252 e. The molecule has 23 heavy (non-hydrogen) atoms. The van der Waals surface area contributed by atoms with E-state index >= 15 is 0 Å². The van der Waals surface area contributed by atoms with Crippen LogP contribution >= 0.6 is 27.3 Å². The van der Waals surface area contributed by atoms with Crippen molar-refractivity contribution in [3.63, 3.8) is 0 Å². The summed E-state index contributed by atoms with van der Waals surface area (Å²) in [4.78, 5) is 0. The van der Waals surface area contributed by atoms with E-state index in [0.717, 1.165) is 27.3 Å². The van der Waals surface area contributed by atoms with E-state index in [4.69, 9.17) is 9.47 Å². The van der Waals surface area contributed by atoms with Gasteiger partial charge < -0.3 is 9.47 Å². The van der Waals surface area contributed by atoms with Crippen molar-refractivity contribution < 1.29 is 17.9 Å². The normalized spacial score (nSPS) is 21.0. The first-order valence-electron chi connectivity index (χ1n) is 7.19. The monoisotopic (exact) mass is 415 g/mol.